The highest BCUT2D eigenvalue weighted by atomic mass is 31.2. The van der Waals surface area contributed by atoms with Gasteiger partial charge in [-0.2, -0.15) is 0 Å². The summed E-state index contributed by atoms with van der Waals surface area (Å²) in [5.41, 5.74) is -0.824. The molecule has 0 amide bonds. The summed E-state index contributed by atoms with van der Waals surface area (Å²) >= 11 is 0. The lowest BCUT2D eigenvalue weighted by atomic mass is 10.2. The number of carboxylic acids is 1. The number of carboxylic acid groups (broad SMARTS) is 1. The fraction of sp³-hybridized carbons (Fsp3) is 0. The Balaban J connectivity index is 2.57. The van der Waals surface area contributed by atoms with Crippen LogP contribution in [0.15, 0.2) is 84.7 Å². The van der Waals surface area contributed by atoms with Gasteiger partial charge in [0.05, 0.1) is 17.9 Å². The van der Waals surface area contributed by atoms with Gasteiger partial charge in [-0.3, -0.25) is 0 Å². The zero-order valence-electron chi connectivity index (χ0n) is 20.6. The Morgan fingerprint density at radius 2 is 1.30 bits per heavy atom. The van der Waals surface area contributed by atoms with Gasteiger partial charge in [-0.15, -0.1) is 0 Å². The SMILES string of the molecule is [2H]c1cc(P(=O)(c2cc([2H])c([2H])c([2H])c2)c2cc([2H])c([2H])c([2H])c2C(=O)O)cc([2H])c1[2H]. The van der Waals surface area contributed by atoms with Crippen LogP contribution in [-0.4, -0.2) is 11.1 Å². The van der Waals surface area contributed by atoms with Crippen LogP contribution in [0, 0.1) is 0 Å². The van der Waals surface area contributed by atoms with Crippen LogP contribution >= 0.6 is 7.14 Å². The highest BCUT2D eigenvalue weighted by molar-refractivity contribution is 7.85. The normalized spacial score (nSPS) is 16.6. The van der Waals surface area contributed by atoms with E-state index in [1.165, 1.54) is 0 Å². The summed E-state index contributed by atoms with van der Waals surface area (Å²) in [6, 6.07) is -0.150. The Bertz CT molecular complexity index is 1230. The molecule has 3 aromatic rings. The molecule has 0 radical (unpaired) electrons. The van der Waals surface area contributed by atoms with Crippen LogP contribution in [0.2, 0.25) is 0 Å². The van der Waals surface area contributed by atoms with Gasteiger partial charge in [0.2, 0.25) is 0 Å². The zero-order chi connectivity index (χ0) is 24.1. The third-order valence-corrected chi connectivity index (χ3v) is 6.18. The second-order valence-electron chi connectivity index (χ2n) is 4.47. The summed E-state index contributed by atoms with van der Waals surface area (Å²) in [6.07, 6.45) is 0. The molecule has 0 aromatic heterocycles. The van der Waals surface area contributed by atoms with E-state index in [4.69, 9.17) is 12.3 Å². The zero-order valence-corrected chi connectivity index (χ0v) is 12.5. The van der Waals surface area contributed by atoms with Crippen molar-refractivity contribution in [1.82, 2.24) is 0 Å². The van der Waals surface area contributed by atoms with Crippen molar-refractivity contribution in [2.45, 2.75) is 0 Å². The largest absolute Gasteiger partial charge is 0.478 e. The molecule has 3 rings (SSSR count). The number of hydrogen-bond acceptors (Lipinski definition) is 2. The smallest absolute Gasteiger partial charge is 0.336 e. The third-order valence-electron chi connectivity index (χ3n) is 3.17. The Morgan fingerprint density at radius 1 is 0.826 bits per heavy atom. The van der Waals surface area contributed by atoms with Crippen LogP contribution < -0.4 is 15.9 Å². The van der Waals surface area contributed by atoms with Crippen molar-refractivity contribution < 1.29 is 26.8 Å². The molecule has 0 atom stereocenters. The van der Waals surface area contributed by atoms with E-state index in [2.05, 4.69) is 0 Å². The van der Waals surface area contributed by atoms with Crippen molar-refractivity contribution in [3.8, 4) is 0 Å². The van der Waals surface area contributed by atoms with Gasteiger partial charge in [-0.1, -0.05) is 72.6 Å². The van der Waals surface area contributed by atoms with Crippen LogP contribution in [-0.2, 0) is 4.57 Å². The highest BCUT2D eigenvalue weighted by Crippen LogP contribution is 2.43. The molecular formula is C19H15O3P. The molecule has 0 saturated carbocycles. The summed E-state index contributed by atoms with van der Waals surface area (Å²) in [6.45, 7) is 0. The molecule has 4 heteroatoms. The maximum absolute atomic E-state index is 14.6. The molecule has 114 valence electrons. The second-order valence-corrected chi connectivity index (χ2v) is 7.20. The summed E-state index contributed by atoms with van der Waals surface area (Å²) in [5, 5.41) is 8.66. The number of carbonyl (C=O) groups is 1. The minimum absolute atomic E-state index is 0.265. The molecule has 0 heterocycles. The molecular weight excluding hydrogens is 307 g/mol. The van der Waals surface area contributed by atoms with Gasteiger partial charge in [0.25, 0.3) is 0 Å². The first-order chi connectivity index (χ1) is 14.8. The number of benzene rings is 3. The average Bonchev–Trinajstić information content (AvgIpc) is 2.72. The topological polar surface area (TPSA) is 54.4 Å². The van der Waals surface area contributed by atoms with Gasteiger partial charge in [0, 0.05) is 15.9 Å². The van der Waals surface area contributed by atoms with Crippen LogP contribution in [0.4, 0.5) is 0 Å². The molecule has 0 saturated heterocycles. The molecule has 0 bridgehead atoms. The summed E-state index contributed by atoms with van der Waals surface area (Å²) in [7, 11) is -4.44. The summed E-state index contributed by atoms with van der Waals surface area (Å²) < 4.78 is 85.6. The maximum atomic E-state index is 14.6. The van der Waals surface area contributed by atoms with Crippen molar-refractivity contribution in [1.29, 1.82) is 0 Å². The van der Waals surface area contributed by atoms with Crippen LogP contribution in [0.25, 0.3) is 0 Å². The monoisotopic (exact) mass is 331 g/mol. The van der Waals surface area contributed by atoms with E-state index in [1.807, 2.05) is 0 Å². The minimum Gasteiger partial charge on any atom is -0.478 e. The van der Waals surface area contributed by atoms with Crippen LogP contribution in [0.3, 0.4) is 0 Å². The van der Waals surface area contributed by atoms with Gasteiger partial charge in [0.1, 0.15) is 0 Å². The quantitative estimate of drug-likeness (QED) is 0.748. The number of hydrogen-bond donors (Lipinski definition) is 1. The lowest BCUT2D eigenvalue weighted by molar-refractivity contribution is 0.0698. The van der Waals surface area contributed by atoms with E-state index in [-0.39, 0.29) is 10.6 Å². The van der Waals surface area contributed by atoms with Gasteiger partial charge in [0.15, 0.2) is 7.14 Å². The fourth-order valence-electron chi connectivity index (χ4n) is 2.15. The van der Waals surface area contributed by atoms with Crippen molar-refractivity contribution in [2.75, 3.05) is 0 Å². The second kappa shape index (κ2) is 6.23. The van der Waals surface area contributed by atoms with E-state index in [9.17, 15) is 14.5 Å². The Kier molecular flexibility index (Phi) is 2.10. The van der Waals surface area contributed by atoms with E-state index >= 15 is 0 Å². The molecule has 1 N–H and O–H groups in total. The van der Waals surface area contributed by atoms with E-state index in [0.29, 0.717) is 0 Å². The Morgan fingerprint density at radius 3 is 1.78 bits per heavy atom. The van der Waals surface area contributed by atoms with Gasteiger partial charge >= 0.3 is 5.97 Å². The number of rotatable bonds is 4. The average molecular weight is 331 g/mol. The van der Waals surface area contributed by atoms with Crippen molar-refractivity contribution in [2.24, 2.45) is 0 Å². The van der Waals surface area contributed by atoms with Gasteiger partial charge in [-0.05, 0) is 12.1 Å². The van der Waals surface area contributed by atoms with E-state index in [0.717, 1.165) is 30.3 Å². The molecule has 0 unspecified atom stereocenters. The predicted molar refractivity (Wildman–Crippen MR) is 92.8 cm³/mol. The molecule has 0 aliphatic rings. The Hall–Kier alpha value is -2.64. The molecule has 0 aliphatic carbocycles. The lowest BCUT2D eigenvalue weighted by Crippen LogP contribution is -2.28. The van der Waals surface area contributed by atoms with Crippen LogP contribution in [0.1, 0.15) is 22.7 Å². The third kappa shape index (κ3) is 2.71. The van der Waals surface area contributed by atoms with Crippen molar-refractivity contribution >= 4 is 29.0 Å². The molecule has 3 aromatic carbocycles. The first-order valence-electron chi connectivity index (χ1n) is 10.9. The first kappa shape index (κ1) is 7.76. The molecule has 23 heavy (non-hydrogen) atoms. The molecule has 0 spiro atoms. The van der Waals surface area contributed by atoms with E-state index < -0.39 is 78.4 Å². The highest BCUT2D eigenvalue weighted by Gasteiger charge is 2.33. The van der Waals surface area contributed by atoms with Crippen LogP contribution in [0.5, 0.6) is 0 Å². The predicted octanol–water partition coefficient (Wildman–Crippen LogP) is 3.02. The standard InChI is InChI=1S/C19H15O3P/c20-19(21)17-13-7-8-14-18(17)23(22,15-9-3-1-4-10-15)16-11-5-2-6-12-16/h1-14H,(H,20,21)/i1D,2D,3D,4D,5D,6D,7D,8D,13D. The minimum atomic E-state index is -4.44. The van der Waals surface area contributed by atoms with Gasteiger partial charge in [-0.25, -0.2) is 4.79 Å². The molecule has 0 fully saturated rings. The number of aromatic carboxylic acids is 1. The van der Waals surface area contributed by atoms with Crippen molar-refractivity contribution in [3.05, 3.63) is 90.3 Å². The molecule has 3 nitrogen and oxygen atoms in total. The lowest BCUT2D eigenvalue weighted by Gasteiger charge is -2.21. The maximum Gasteiger partial charge on any atom is 0.336 e. The Labute approximate surface area is 147 Å². The first-order valence-corrected chi connectivity index (χ1v) is 8.12. The van der Waals surface area contributed by atoms with Gasteiger partial charge < -0.3 is 9.67 Å². The van der Waals surface area contributed by atoms with Crippen molar-refractivity contribution in [3.63, 3.8) is 0 Å². The summed E-state index contributed by atoms with van der Waals surface area (Å²) in [4.78, 5) is 12.0. The molecule has 0 aliphatic heterocycles. The fourth-order valence-corrected chi connectivity index (χ4v) is 4.70. The summed E-state index contributed by atoms with van der Waals surface area (Å²) in [5.74, 6) is -1.69. The van der Waals surface area contributed by atoms with E-state index in [1.54, 1.807) is 0 Å².